The lowest BCUT2D eigenvalue weighted by Gasteiger charge is -2.07. The van der Waals surface area contributed by atoms with Gasteiger partial charge in [0.05, 0.1) is 0 Å². The fraction of sp³-hybridized carbons (Fsp3) is 0.143. The molecule has 2 aromatic rings. The highest BCUT2D eigenvalue weighted by molar-refractivity contribution is 5.46. The Hall–Kier alpha value is -2.36. The van der Waals surface area contributed by atoms with E-state index < -0.39 is 0 Å². The molecular weight excluding hydrogens is 224 g/mol. The van der Waals surface area contributed by atoms with Gasteiger partial charge in [0.25, 0.3) is 0 Å². The Morgan fingerprint density at radius 3 is 2.50 bits per heavy atom. The first-order valence-corrected chi connectivity index (χ1v) is 5.83. The number of hydrogen-bond donors (Lipinski definition) is 2. The fourth-order valence-electron chi connectivity index (χ4n) is 1.52. The van der Waals surface area contributed by atoms with Crippen molar-refractivity contribution in [2.75, 3.05) is 17.2 Å². The summed E-state index contributed by atoms with van der Waals surface area (Å²) in [7, 11) is 0. The van der Waals surface area contributed by atoms with Gasteiger partial charge in [-0.05, 0) is 5.56 Å². The summed E-state index contributed by atoms with van der Waals surface area (Å²) in [6.45, 7) is 5.09. The van der Waals surface area contributed by atoms with E-state index >= 15 is 0 Å². The molecule has 92 valence electrons. The predicted molar refractivity (Wildman–Crippen MR) is 74.5 cm³/mol. The second kappa shape index (κ2) is 6.39. The average Bonchev–Trinajstić information content (AvgIpc) is 2.44. The topological polar surface area (TPSA) is 49.8 Å². The van der Waals surface area contributed by atoms with E-state index in [1.165, 1.54) is 5.56 Å². The minimum Gasteiger partial charge on any atom is -0.366 e. The largest absolute Gasteiger partial charge is 0.366 e. The van der Waals surface area contributed by atoms with Crippen LogP contribution in [0.4, 0.5) is 11.6 Å². The molecule has 0 fully saturated rings. The zero-order chi connectivity index (χ0) is 12.6. The minimum atomic E-state index is 0.690. The smallest absolute Gasteiger partial charge is 0.131 e. The molecule has 0 aliphatic heterocycles. The second-order valence-corrected chi connectivity index (χ2v) is 3.80. The van der Waals surface area contributed by atoms with Gasteiger partial charge in [-0.25, -0.2) is 9.97 Å². The third kappa shape index (κ3) is 3.59. The standard InChI is InChI=1S/C14H16N4/c1-2-8-15-13-9-14(18-11-17-13)16-10-12-6-4-3-5-7-12/h2-7,9,11H,1,8,10H2,(H2,15,16,17,18). The third-order valence-corrected chi connectivity index (χ3v) is 2.41. The minimum absolute atomic E-state index is 0.690. The Kier molecular flexibility index (Phi) is 4.30. The molecule has 0 amide bonds. The second-order valence-electron chi connectivity index (χ2n) is 3.80. The molecular formula is C14H16N4. The van der Waals surface area contributed by atoms with E-state index in [0.717, 1.165) is 18.2 Å². The van der Waals surface area contributed by atoms with Crippen LogP contribution in [0.5, 0.6) is 0 Å². The monoisotopic (exact) mass is 240 g/mol. The van der Waals surface area contributed by atoms with Crippen molar-refractivity contribution < 1.29 is 0 Å². The SMILES string of the molecule is C=CCNc1cc(NCc2ccccc2)ncn1. The number of aromatic nitrogens is 2. The van der Waals surface area contributed by atoms with Gasteiger partial charge in [-0.2, -0.15) is 0 Å². The van der Waals surface area contributed by atoms with Crippen LogP contribution in [0.1, 0.15) is 5.56 Å². The van der Waals surface area contributed by atoms with Gasteiger partial charge < -0.3 is 10.6 Å². The van der Waals surface area contributed by atoms with Crippen LogP contribution < -0.4 is 10.6 Å². The normalized spacial score (nSPS) is 9.78. The Bertz CT molecular complexity index is 496. The van der Waals surface area contributed by atoms with Crippen LogP contribution in [0.15, 0.2) is 55.4 Å². The van der Waals surface area contributed by atoms with Gasteiger partial charge >= 0.3 is 0 Å². The van der Waals surface area contributed by atoms with Crippen molar-refractivity contribution in [3.63, 3.8) is 0 Å². The summed E-state index contributed by atoms with van der Waals surface area (Å²) in [5.41, 5.74) is 1.22. The summed E-state index contributed by atoms with van der Waals surface area (Å²) in [5, 5.41) is 6.38. The van der Waals surface area contributed by atoms with Gasteiger partial charge in [0, 0.05) is 19.2 Å². The van der Waals surface area contributed by atoms with Crippen molar-refractivity contribution in [3.8, 4) is 0 Å². The highest BCUT2D eigenvalue weighted by Crippen LogP contribution is 2.10. The van der Waals surface area contributed by atoms with Gasteiger partial charge in [0.2, 0.25) is 0 Å². The quantitative estimate of drug-likeness (QED) is 0.762. The van der Waals surface area contributed by atoms with E-state index in [1.807, 2.05) is 24.3 Å². The lowest BCUT2D eigenvalue weighted by Crippen LogP contribution is -2.04. The van der Waals surface area contributed by atoms with Crippen molar-refractivity contribution in [1.29, 1.82) is 0 Å². The third-order valence-electron chi connectivity index (χ3n) is 2.41. The van der Waals surface area contributed by atoms with Crippen LogP contribution in [-0.2, 0) is 6.54 Å². The molecule has 0 aliphatic rings. The number of benzene rings is 1. The molecule has 0 atom stereocenters. The number of rotatable bonds is 6. The zero-order valence-corrected chi connectivity index (χ0v) is 10.1. The maximum Gasteiger partial charge on any atom is 0.131 e. The fourth-order valence-corrected chi connectivity index (χ4v) is 1.52. The molecule has 1 aromatic carbocycles. The predicted octanol–water partition coefficient (Wildman–Crippen LogP) is 2.69. The van der Waals surface area contributed by atoms with Gasteiger partial charge in [0.1, 0.15) is 18.0 Å². The molecule has 1 heterocycles. The molecule has 1 aromatic heterocycles. The highest BCUT2D eigenvalue weighted by Gasteiger charge is 1.97. The number of anilines is 2. The van der Waals surface area contributed by atoms with Crippen molar-refractivity contribution in [1.82, 2.24) is 9.97 Å². The lowest BCUT2D eigenvalue weighted by molar-refractivity contribution is 1.07. The average molecular weight is 240 g/mol. The molecule has 0 radical (unpaired) electrons. The van der Waals surface area contributed by atoms with Crippen LogP contribution in [-0.4, -0.2) is 16.5 Å². The van der Waals surface area contributed by atoms with Crippen LogP contribution in [0.2, 0.25) is 0 Å². The van der Waals surface area contributed by atoms with Gasteiger partial charge in [-0.3, -0.25) is 0 Å². The Morgan fingerprint density at radius 1 is 1.06 bits per heavy atom. The van der Waals surface area contributed by atoms with E-state index in [9.17, 15) is 0 Å². The first-order valence-electron chi connectivity index (χ1n) is 5.83. The molecule has 0 aliphatic carbocycles. The number of hydrogen-bond acceptors (Lipinski definition) is 4. The first kappa shape index (κ1) is 12.1. The van der Waals surface area contributed by atoms with Crippen molar-refractivity contribution in [2.24, 2.45) is 0 Å². The Labute approximate surface area is 107 Å². The van der Waals surface area contributed by atoms with Crippen molar-refractivity contribution in [2.45, 2.75) is 6.54 Å². The maximum atomic E-state index is 4.17. The van der Waals surface area contributed by atoms with Crippen LogP contribution in [0.25, 0.3) is 0 Å². The van der Waals surface area contributed by atoms with Gasteiger partial charge in [-0.1, -0.05) is 36.4 Å². The zero-order valence-electron chi connectivity index (χ0n) is 10.1. The molecule has 4 nitrogen and oxygen atoms in total. The molecule has 2 N–H and O–H groups in total. The molecule has 0 saturated heterocycles. The lowest BCUT2D eigenvalue weighted by atomic mass is 10.2. The summed E-state index contributed by atoms with van der Waals surface area (Å²) in [6, 6.07) is 12.1. The molecule has 0 spiro atoms. The Morgan fingerprint density at radius 2 is 1.78 bits per heavy atom. The first-order chi connectivity index (χ1) is 8.88. The maximum absolute atomic E-state index is 4.17. The summed E-state index contributed by atoms with van der Waals surface area (Å²) in [5.74, 6) is 1.60. The summed E-state index contributed by atoms with van der Waals surface area (Å²) < 4.78 is 0. The van der Waals surface area contributed by atoms with E-state index in [2.05, 4.69) is 39.3 Å². The van der Waals surface area contributed by atoms with Crippen LogP contribution in [0, 0.1) is 0 Å². The molecule has 2 rings (SSSR count). The van der Waals surface area contributed by atoms with E-state index in [-0.39, 0.29) is 0 Å². The van der Waals surface area contributed by atoms with Crippen molar-refractivity contribution >= 4 is 11.6 Å². The van der Waals surface area contributed by atoms with E-state index in [1.54, 1.807) is 12.4 Å². The number of nitrogens with zero attached hydrogens (tertiary/aromatic N) is 2. The Balaban J connectivity index is 1.95. The van der Waals surface area contributed by atoms with E-state index in [0.29, 0.717) is 6.54 Å². The van der Waals surface area contributed by atoms with Gasteiger partial charge in [0.15, 0.2) is 0 Å². The molecule has 0 bridgehead atoms. The summed E-state index contributed by atoms with van der Waals surface area (Å²) in [6.07, 6.45) is 3.33. The van der Waals surface area contributed by atoms with E-state index in [4.69, 9.17) is 0 Å². The number of nitrogens with one attached hydrogen (secondary N) is 2. The molecule has 18 heavy (non-hydrogen) atoms. The highest BCUT2D eigenvalue weighted by atomic mass is 15.1. The van der Waals surface area contributed by atoms with Gasteiger partial charge in [-0.15, -0.1) is 6.58 Å². The molecule has 0 saturated carbocycles. The van der Waals surface area contributed by atoms with Crippen molar-refractivity contribution in [3.05, 3.63) is 60.9 Å². The summed E-state index contributed by atoms with van der Waals surface area (Å²) in [4.78, 5) is 8.30. The summed E-state index contributed by atoms with van der Waals surface area (Å²) >= 11 is 0. The molecule has 0 unspecified atom stereocenters. The van der Waals surface area contributed by atoms with Crippen LogP contribution in [0.3, 0.4) is 0 Å². The van der Waals surface area contributed by atoms with Crippen LogP contribution >= 0.6 is 0 Å². The molecule has 4 heteroatoms.